The molecular weight excluding hydrogens is 1660 g/mol. The Morgan fingerprint density at radius 3 is 1.18 bits per heavy atom. The van der Waals surface area contributed by atoms with Crippen LogP contribution >= 0.6 is 46.1 Å². The fraction of sp³-hybridized carbons (Fsp3) is 0.353. The number of hydrogen-bond donors (Lipinski definition) is 0. The number of aryl methyl sites for hydroxylation is 7. The van der Waals surface area contributed by atoms with Gasteiger partial charge in [0.25, 0.3) is 40.1 Å². The van der Waals surface area contributed by atoms with Gasteiger partial charge in [0.05, 0.1) is 40.4 Å². The standard InChI is InChI=1S/C23H25N3O3S.C21H21ClN4O3S.C21H22ClN3O3S2.C20H26ClN3O3S/c1-17-8-10-19(11-9-17)22(27)12-21(18-6-4-3-5-7-18)20-13-26(14-20)30(28,29)23-15-25(2)16-24-23;1-25-13-21(24-14-25)30(28,29)26-11-15(12-26)17(19-8-4-5-9-23-19)10-20(27)16-6-2-3-7-18(16)22;1-14-5-6-16(18(22)8-14)19(26)9-17(20-4-3-7-29-20)15-10-25(11-15)30(27,28)21-12-24(2)13-23-21;1-13(2)17(8-19(25)16-6-5-14(3)7-18(16)21)15-9-24(10-15)28(26,27)20-11-23(4)12-22-20/h3-11,15-16,20-21H,12-14H2,1-2H3;2-9,13-15,17H,10-12H2,1H3;3-8,12-13,15,17H,9-11H2,1-2H3;5-7,11-13,15,17H,8-10H2,1-4H3. The maximum atomic E-state index is 13.0. The predicted molar refractivity (Wildman–Crippen MR) is 454 cm³/mol. The third-order valence-electron chi connectivity index (χ3n) is 22.1. The van der Waals surface area contributed by atoms with E-state index in [9.17, 15) is 52.8 Å². The minimum Gasteiger partial charge on any atom is -0.339 e. The Hall–Kier alpha value is -9.02. The molecule has 0 amide bonds. The molecule has 0 saturated carbocycles. The monoisotopic (exact) mass is 1750 g/mol. The zero-order valence-electron chi connectivity index (χ0n) is 66.7. The van der Waals surface area contributed by atoms with Crippen molar-refractivity contribution in [1.29, 1.82) is 0 Å². The molecule has 6 aromatic heterocycles. The second-order valence-corrected chi connectivity index (χ2v) is 40.8. The first-order chi connectivity index (χ1) is 56.0. The molecule has 0 spiro atoms. The van der Waals surface area contributed by atoms with Crippen molar-refractivity contribution < 1.29 is 52.8 Å². The first kappa shape index (κ1) is 88.3. The van der Waals surface area contributed by atoms with Gasteiger partial charge in [0.2, 0.25) is 0 Å². The Morgan fingerprint density at radius 2 is 0.780 bits per heavy atom. The lowest BCUT2D eigenvalue weighted by atomic mass is 9.76. The van der Waals surface area contributed by atoms with Gasteiger partial charge in [0.15, 0.2) is 43.2 Å². The maximum Gasteiger partial charge on any atom is 0.262 e. The van der Waals surface area contributed by atoms with Crippen molar-refractivity contribution in [3.8, 4) is 0 Å². The Morgan fingerprint density at radius 1 is 0.398 bits per heavy atom. The number of sulfonamides is 4. The van der Waals surface area contributed by atoms with E-state index in [1.165, 1.54) is 67.3 Å². The van der Waals surface area contributed by atoms with Crippen molar-refractivity contribution in [1.82, 2.24) is 60.4 Å². The van der Waals surface area contributed by atoms with Gasteiger partial charge in [-0.15, -0.1) is 11.3 Å². The molecule has 4 fully saturated rings. The molecule has 0 N–H and O–H groups in total. The highest BCUT2D eigenvalue weighted by Gasteiger charge is 2.47. The molecule has 33 heteroatoms. The molecule has 15 rings (SSSR count). The van der Waals surface area contributed by atoms with Crippen LogP contribution in [-0.2, 0) is 68.3 Å². The Kier molecular flexibility index (Phi) is 28.2. The zero-order valence-corrected chi connectivity index (χ0v) is 73.0. The van der Waals surface area contributed by atoms with E-state index in [-0.39, 0.29) is 103 Å². The van der Waals surface area contributed by atoms with Crippen LogP contribution in [0.2, 0.25) is 15.1 Å². The lowest BCUT2D eigenvalue weighted by Gasteiger charge is -2.43. The second kappa shape index (κ2) is 37.7. The van der Waals surface area contributed by atoms with Crippen molar-refractivity contribution in [3.63, 3.8) is 0 Å². The fourth-order valence-electron chi connectivity index (χ4n) is 15.0. The molecule has 0 radical (unpaired) electrons. The summed E-state index contributed by atoms with van der Waals surface area (Å²) < 4.78 is 114. The molecule has 11 aromatic rings. The van der Waals surface area contributed by atoms with E-state index in [1.54, 1.807) is 113 Å². The average Bonchev–Trinajstić information content (AvgIpc) is 1.42. The summed E-state index contributed by atoms with van der Waals surface area (Å²) in [4.78, 5) is 73.1. The summed E-state index contributed by atoms with van der Waals surface area (Å²) in [5.41, 5.74) is 7.18. The van der Waals surface area contributed by atoms with Crippen LogP contribution < -0.4 is 0 Å². The van der Waals surface area contributed by atoms with Gasteiger partial charge in [-0.3, -0.25) is 24.2 Å². The first-order valence-electron chi connectivity index (χ1n) is 38.4. The maximum absolute atomic E-state index is 13.0. The minimum atomic E-state index is -3.64. The van der Waals surface area contributed by atoms with Crippen LogP contribution in [0.4, 0.5) is 0 Å². The topological polar surface area (TPSA) is 302 Å². The van der Waals surface area contributed by atoms with E-state index in [0.717, 1.165) is 32.8 Å². The number of carbonyl (C=O) groups excluding carboxylic acids is 4. The van der Waals surface area contributed by atoms with Gasteiger partial charge in [-0.2, -0.15) is 17.2 Å². The van der Waals surface area contributed by atoms with Crippen molar-refractivity contribution in [2.24, 2.45) is 63.7 Å². The molecule has 4 aliphatic rings. The summed E-state index contributed by atoms with van der Waals surface area (Å²) in [6, 6.07) is 44.9. The van der Waals surface area contributed by atoms with Crippen LogP contribution in [0.5, 0.6) is 0 Å². The molecule has 4 saturated heterocycles. The van der Waals surface area contributed by atoms with Gasteiger partial charge in [0, 0.05) is 182 Å². The van der Waals surface area contributed by atoms with Crippen molar-refractivity contribution in [3.05, 3.63) is 277 Å². The van der Waals surface area contributed by atoms with Gasteiger partial charge >= 0.3 is 0 Å². The molecule has 25 nitrogen and oxygen atoms in total. The predicted octanol–water partition coefficient (Wildman–Crippen LogP) is 14.2. The van der Waals surface area contributed by atoms with E-state index >= 15 is 0 Å². The molecular formula is C85H94Cl3N13O12S5. The van der Waals surface area contributed by atoms with E-state index in [2.05, 4.69) is 38.8 Å². The number of Topliss-reactive ketones (excluding diaryl/α,β-unsaturated/α-hetero) is 4. The third kappa shape index (κ3) is 20.7. The minimum absolute atomic E-state index is 0.00901. The highest BCUT2D eigenvalue weighted by Crippen LogP contribution is 2.43. The van der Waals surface area contributed by atoms with Gasteiger partial charge in [0.1, 0.15) is 0 Å². The van der Waals surface area contributed by atoms with Crippen LogP contribution in [-0.4, -0.2) is 170 Å². The lowest BCUT2D eigenvalue weighted by molar-refractivity contribution is 0.0766. The molecule has 4 aliphatic heterocycles. The first-order valence-corrected chi connectivity index (χ1v) is 46.2. The van der Waals surface area contributed by atoms with E-state index in [4.69, 9.17) is 34.8 Å². The van der Waals surface area contributed by atoms with E-state index < -0.39 is 40.1 Å². The quantitative estimate of drug-likeness (QED) is 0.0411. The summed E-state index contributed by atoms with van der Waals surface area (Å²) in [6.45, 7) is 13.0. The fourth-order valence-corrected chi connectivity index (χ4v) is 22.9. The summed E-state index contributed by atoms with van der Waals surface area (Å²) >= 11 is 20.3. The molecule has 0 bridgehead atoms. The molecule has 118 heavy (non-hydrogen) atoms. The summed E-state index contributed by atoms with van der Waals surface area (Å²) in [7, 11) is -7.48. The highest BCUT2D eigenvalue weighted by atomic mass is 35.5. The van der Waals surface area contributed by atoms with E-state index in [0.29, 0.717) is 109 Å². The number of nitrogens with zero attached hydrogens (tertiary/aromatic N) is 13. The lowest BCUT2D eigenvalue weighted by Crippen LogP contribution is -2.53. The number of carbonyl (C=O) groups is 4. The van der Waals surface area contributed by atoms with Crippen molar-refractivity contribution >= 4 is 109 Å². The Labute approximate surface area is 708 Å². The highest BCUT2D eigenvalue weighted by molar-refractivity contribution is 7.90. The van der Waals surface area contributed by atoms with Crippen LogP contribution in [0.3, 0.4) is 0 Å². The number of thiophene rings is 1. The molecule has 4 unspecified atom stereocenters. The number of rotatable bonds is 28. The van der Waals surface area contributed by atoms with Crippen molar-refractivity contribution in [2.45, 2.75) is 98.2 Å². The van der Waals surface area contributed by atoms with Crippen LogP contribution in [0, 0.1) is 56.3 Å². The number of ketones is 4. The molecule has 0 aliphatic carbocycles. The summed E-state index contributed by atoms with van der Waals surface area (Å²) in [5, 5.41) is 3.54. The molecule has 4 atom stereocenters. The number of halogens is 3. The van der Waals surface area contributed by atoms with Gasteiger partial charge in [-0.25, -0.2) is 53.6 Å². The van der Waals surface area contributed by atoms with E-state index in [1.807, 2.05) is 123 Å². The van der Waals surface area contributed by atoms with Crippen LogP contribution in [0.1, 0.15) is 132 Å². The van der Waals surface area contributed by atoms with Gasteiger partial charge in [-0.1, -0.05) is 145 Å². The smallest absolute Gasteiger partial charge is 0.262 e. The largest absolute Gasteiger partial charge is 0.339 e. The normalized spacial score (nSPS) is 16.4. The summed E-state index contributed by atoms with van der Waals surface area (Å²) in [6.07, 6.45) is 14.8. The van der Waals surface area contributed by atoms with Crippen molar-refractivity contribution in [2.75, 3.05) is 52.4 Å². The SMILES string of the molecule is Cc1ccc(C(=O)CC(C(C)C)C2CN(S(=O)(=O)c3cn(C)cn3)C2)c(Cl)c1.Cc1ccc(C(=O)CC(c2ccccc2)C2CN(S(=O)(=O)c3cn(C)cn3)C2)cc1.Cc1ccc(C(=O)CC(c2cccs2)C2CN(S(=O)(=O)c3cn(C)cn3)C2)c(Cl)c1.Cn1cnc(S(=O)(=O)N2CC(C(CC(=O)c3ccccc3Cl)c3ccccn3)C2)c1. The number of aromatic nitrogens is 9. The molecule has 10 heterocycles. The van der Waals surface area contributed by atoms with Crippen LogP contribution in [0.25, 0.3) is 0 Å². The second-order valence-electron chi connectivity index (χ2n) is 31.1. The molecule has 622 valence electrons. The molecule has 5 aromatic carbocycles. The number of pyridine rings is 1. The third-order valence-corrected chi connectivity index (χ3v) is 30.9. The zero-order chi connectivity index (χ0) is 84.7. The Balaban J connectivity index is 0.000000145. The Bertz CT molecular complexity index is 5870. The van der Waals surface area contributed by atoms with Crippen LogP contribution in [0.15, 0.2) is 227 Å². The summed E-state index contributed by atoms with van der Waals surface area (Å²) in [5.74, 6) is 0.326. The van der Waals surface area contributed by atoms with Gasteiger partial charge < -0.3 is 18.3 Å². The number of hydrogen-bond acceptors (Lipinski definition) is 18. The van der Waals surface area contributed by atoms with Gasteiger partial charge in [-0.05, 0) is 139 Å². The number of imidazole rings is 4. The number of benzene rings is 5. The average molecular weight is 1760 g/mol.